The van der Waals surface area contributed by atoms with Gasteiger partial charge in [0.05, 0.1) is 54.6 Å². The number of anilines is 3. The summed E-state index contributed by atoms with van der Waals surface area (Å²) < 4.78 is 8.94. The molecule has 5 rings (SSSR count). The van der Waals surface area contributed by atoms with Crippen LogP contribution in [0.3, 0.4) is 0 Å². The van der Waals surface area contributed by atoms with Gasteiger partial charge >= 0.3 is 0 Å². The molecule has 10 heteroatoms. The van der Waals surface area contributed by atoms with Gasteiger partial charge in [-0.05, 0) is 32.4 Å². The van der Waals surface area contributed by atoms with Crippen molar-refractivity contribution in [2.45, 2.75) is 32.9 Å². The standard InChI is InChI=1S/C21H24N8O2/c1-12-5-18-23-11-24-28(18)8-15(12)25-21-22-7-17-20(26-21)16(6-19(30)27(17)4)29-13(2)9-31-10-14(29)3/h5-8,11,13-14H,9-10H2,1-4H3,(H,22,25,26). The number of hydrogen-bond donors (Lipinski definition) is 1. The summed E-state index contributed by atoms with van der Waals surface area (Å²) in [5.41, 5.74) is 4.72. The van der Waals surface area contributed by atoms with E-state index in [4.69, 9.17) is 9.72 Å². The lowest BCUT2D eigenvalue weighted by molar-refractivity contribution is 0.0758. The van der Waals surface area contributed by atoms with Gasteiger partial charge in [-0.3, -0.25) is 4.79 Å². The molecule has 0 bridgehead atoms. The van der Waals surface area contributed by atoms with E-state index >= 15 is 0 Å². The minimum atomic E-state index is -0.0924. The van der Waals surface area contributed by atoms with Crippen LogP contribution in [0.4, 0.5) is 17.3 Å². The third kappa shape index (κ3) is 3.28. The zero-order valence-electron chi connectivity index (χ0n) is 17.9. The molecule has 0 spiro atoms. The summed E-state index contributed by atoms with van der Waals surface area (Å²) in [6.45, 7) is 7.39. The number of nitrogens with one attached hydrogen (secondary N) is 1. The number of rotatable bonds is 3. The van der Waals surface area contributed by atoms with Crippen molar-refractivity contribution < 1.29 is 4.74 Å². The molecule has 4 aromatic heterocycles. The van der Waals surface area contributed by atoms with Crippen LogP contribution >= 0.6 is 0 Å². The zero-order valence-corrected chi connectivity index (χ0v) is 17.9. The molecule has 4 aromatic rings. The SMILES string of the molecule is Cc1cc2ncnn2cc1Nc1ncc2c(n1)c(N1C(C)COCC1C)cc(=O)n2C. The molecule has 2 atom stereocenters. The Labute approximate surface area is 178 Å². The second-order valence-electron chi connectivity index (χ2n) is 8.05. The highest BCUT2D eigenvalue weighted by atomic mass is 16.5. The van der Waals surface area contributed by atoms with Crippen LogP contribution in [0, 0.1) is 6.92 Å². The van der Waals surface area contributed by atoms with Gasteiger partial charge in [-0.15, -0.1) is 0 Å². The van der Waals surface area contributed by atoms with Crippen molar-refractivity contribution in [2.75, 3.05) is 23.4 Å². The summed E-state index contributed by atoms with van der Waals surface area (Å²) >= 11 is 0. The van der Waals surface area contributed by atoms with E-state index in [1.54, 1.807) is 28.4 Å². The normalized spacial score (nSPS) is 19.3. The van der Waals surface area contributed by atoms with Crippen molar-refractivity contribution in [1.29, 1.82) is 0 Å². The zero-order chi connectivity index (χ0) is 21.7. The predicted octanol–water partition coefficient (Wildman–Crippen LogP) is 2.04. The second-order valence-corrected chi connectivity index (χ2v) is 8.05. The minimum absolute atomic E-state index is 0.0924. The Bertz CT molecular complexity index is 1330. The number of aryl methyl sites for hydroxylation is 2. The molecule has 1 saturated heterocycles. The van der Waals surface area contributed by atoms with Gasteiger partial charge < -0.3 is 19.5 Å². The lowest BCUT2D eigenvalue weighted by Gasteiger charge is -2.40. The maximum Gasteiger partial charge on any atom is 0.252 e. The number of morpholine rings is 1. The summed E-state index contributed by atoms with van der Waals surface area (Å²) in [5.74, 6) is 0.448. The fourth-order valence-electron chi connectivity index (χ4n) is 4.15. The quantitative estimate of drug-likeness (QED) is 0.537. The third-order valence-corrected chi connectivity index (χ3v) is 5.78. The van der Waals surface area contributed by atoms with E-state index in [0.29, 0.717) is 24.7 Å². The minimum Gasteiger partial charge on any atom is -0.377 e. The molecule has 1 aliphatic heterocycles. The molecule has 1 aliphatic rings. The van der Waals surface area contributed by atoms with Crippen LogP contribution in [-0.2, 0) is 11.8 Å². The van der Waals surface area contributed by atoms with Gasteiger partial charge in [0, 0.05) is 13.1 Å². The number of hydrogen-bond acceptors (Lipinski definition) is 8. The number of pyridine rings is 2. The van der Waals surface area contributed by atoms with Crippen molar-refractivity contribution >= 4 is 34.0 Å². The van der Waals surface area contributed by atoms with Crippen LogP contribution in [0.2, 0.25) is 0 Å². The van der Waals surface area contributed by atoms with Crippen molar-refractivity contribution in [3.05, 3.63) is 46.8 Å². The molecule has 0 saturated carbocycles. The first-order valence-electron chi connectivity index (χ1n) is 10.2. The Morgan fingerprint density at radius 2 is 1.94 bits per heavy atom. The lowest BCUT2D eigenvalue weighted by atomic mass is 10.1. The van der Waals surface area contributed by atoms with E-state index in [2.05, 4.69) is 39.1 Å². The average Bonchev–Trinajstić information content (AvgIpc) is 3.18. The van der Waals surface area contributed by atoms with Crippen LogP contribution in [-0.4, -0.2) is 54.4 Å². The van der Waals surface area contributed by atoms with Crippen LogP contribution in [0.1, 0.15) is 19.4 Å². The van der Waals surface area contributed by atoms with E-state index in [0.717, 1.165) is 28.1 Å². The summed E-state index contributed by atoms with van der Waals surface area (Å²) in [7, 11) is 1.74. The van der Waals surface area contributed by atoms with Crippen molar-refractivity contribution in [3.8, 4) is 0 Å². The lowest BCUT2D eigenvalue weighted by Crippen LogP contribution is -2.50. The van der Waals surface area contributed by atoms with Crippen molar-refractivity contribution in [3.63, 3.8) is 0 Å². The molecule has 2 unspecified atom stereocenters. The van der Waals surface area contributed by atoms with Crippen molar-refractivity contribution in [2.24, 2.45) is 7.05 Å². The van der Waals surface area contributed by atoms with E-state index in [1.165, 1.54) is 6.33 Å². The van der Waals surface area contributed by atoms with Crippen LogP contribution in [0.15, 0.2) is 35.6 Å². The molecule has 0 aromatic carbocycles. The first-order valence-corrected chi connectivity index (χ1v) is 10.2. The van der Waals surface area contributed by atoms with Gasteiger partial charge in [0.25, 0.3) is 5.56 Å². The molecule has 5 heterocycles. The van der Waals surface area contributed by atoms with Gasteiger partial charge in [0.1, 0.15) is 11.8 Å². The number of fused-ring (bicyclic) bond motifs is 2. The predicted molar refractivity (Wildman–Crippen MR) is 118 cm³/mol. The molecule has 10 nitrogen and oxygen atoms in total. The maximum atomic E-state index is 12.6. The molecular formula is C21H24N8O2. The highest BCUT2D eigenvalue weighted by Crippen LogP contribution is 2.30. The maximum absolute atomic E-state index is 12.6. The van der Waals surface area contributed by atoms with E-state index in [-0.39, 0.29) is 17.6 Å². The summed E-state index contributed by atoms with van der Waals surface area (Å²) in [6.07, 6.45) is 5.07. The summed E-state index contributed by atoms with van der Waals surface area (Å²) in [6, 6.07) is 3.86. The van der Waals surface area contributed by atoms with Crippen LogP contribution in [0.5, 0.6) is 0 Å². The van der Waals surface area contributed by atoms with Gasteiger partial charge in [0.2, 0.25) is 5.95 Å². The molecule has 1 fully saturated rings. The Morgan fingerprint density at radius 1 is 1.16 bits per heavy atom. The number of nitrogens with zero attached hydrogens (tertiary/aromatic N) is 7. The van der Waals surface area contributed by atoms with Gasteiger partial charge in [-0.25, -0.2) is 19.5 Å². The topological polar surface area (TPSA) is 102 Å². The number of ether oxygens (including phenoxy) is 1. The molecule has 0 aliphatic carbocycles. The van der Waals surface area contributed by atoms with Gasteiger partial charge in [0.15, 0.2) is 5.65 Å². The second kappa shape index (κ2) is 7.31. The number of aromatic nitrogens is 6. The van der Waals surface area contributed by atoms with Crippen LogP contribution in [0.25, 0.3) is 16.7 Å². The molecule has 0 radical (unpaired) electrons. The van der Waals surface area contributed by atoms with Gasteiger partial charge in [-0.2, -0.15) is 5.10 Å². The van der Waals surface area contributed by atoms with Gasteiger partial charge in [-0.1, -0.05) is 0 Å². The Hall–Kier alpha value is -3.53. The summed E-state index contributed by atoms with van der Waals surface area (Å²) in [4.78, 5) is 28.4. The van der Waals surface area contributed by atoms with E-state index in [9.17, 15) is 4.79 Å². The fourth-order valence-corrected chi connectivity index (χ4v) is 4.15. The first kappa shape index (κ1) is 19.4. The van der Waals surface area contributed by atoms with Crippen molar-refractivity contribution in [1.82, 2.24) is 29.1 Å². The third-order valence-electron chi connectivity index (χ3n) is 5.78. The molecule has 1 N–H and O–H groups in total. The molecule has 0 amide bonds. The van der Waals surface area contributed by atoms with E-state index < -0.39 is 0 Å². The Kier molecular flexibility index (Phi) is 4.58. The fraction of sp³-hybridized carbons (Fsp3) is 0.381. The highest BCUT2D eigenvalue weighted by Gasteiger charge is 2.28. The molecular weight excluding hydrogens is 396 g/mol. The molecule has 31 heavy (non-hydrogen) atoms. The Balaban J connectivity index is 1.63. The summed E-state index contributed by atoms with van der Waals surface area (Å²) in [5, 5.41) is 7.48. The largest absolute Gasteiger partial charge is 0.377 e. The average molecular weight is 420 g/mol. The van der Waals surface area contributed by atoms with E-state index in [1.807, 2.05) is 19.2 Å². The first-order chi connectivity index (χ1) is 14.9. The van der Waals surface area contributed by atoms with Crippen LogP contribution < -0.4 is 15.8 Å². The Morgan fingerprint density at radius 3 is 2.71 bits per heavy atom. The smallest absolute Gasteiger partial charge is 0.252 e. The highest BCUT2D eigenvalue weighted by molar-refractivity contribution is 5.89. The molecule has 160 valence electrons. The monoisotopic (exact) mass is 420 g/mol.